The number of hydrogen-bond acceptors (Lipinski definition) is 2. The third-order valence-electron chi connectivity index (χ3n) is 2.63. The Morgan fingerprint density at radius 1 is 1.08 bits per heavy atom. The van der Waals surface area contributed by atoms with Crippen molar-refractivity contribution in [2.45, 2.75) is 52.6 Å². The van der Waals surface area contributed by atoms with Crippen molar-refractivity contribution in [2.24, 2.45) is 0 Å². The lowest BCUT2D eigenvalue weighted by Crippen LogP contribution is -2.24. The average Bonchev–Trinajstić information content (AvgIpc) is 2.18. The van der Waals surface area contributed by atoms with Crippen LogP contribution >= 0.6 is 0 Å². The van der Waals surface area contributed by atoms with Gasteiger partial charge in [0.2, 0.25) is 0 Å². The Balaban J connectivity index is 3.23. The van der Waals surface area contributed by atoms with Crippen molar-refractivity contribution in [3.63, 3.8) is 0 Å². The Kier molecular flexibility index (Phi) is 8.46. The quantitative estimate of drug-likeness (QED) is 0.589. The lowest BCUT2D eigenvalue weighted by Gasteiger charge is -2.17. The molecule has 0 aromatic rings. The first-order valence-electron chi connectivity index (χ1n) is 5.64. The van der Waals surface area contributed by atoms with Gasteiger partial charge in [0, 0.05) is 0 Å². The van der Waals surface area contributed by atoms with Crippen molar-refractivity contribution in [1.82, 2.24) is 4.90 Å². The van der Waals surface area contributed by atoms with Gasteiger partial charge in [-0.1, -0.05) is 20.8 Å². The largest absolute Gasteiger partial charge is 0.393 e. The molecule has 0 aromatic carbocycles. The number of aliphatic hydroxyl groups excluding tert-OH is 1. The van der Waals surface area contributed by atoms with Crippen molar-refractivity contribution in [3.8, 4) is 0 Å². The maximum atomic E-state index is 9.32. The maximum absolute atomic E-state index is 9.32. The Morgan fingerprint density at radius 2 is 1.69 bits per heavy atom. The molecule has 0 aliphatic rings. The molecule has 0 aliphatic heterocycles. The standard InChI is InChI=1S/C11H25NO/c1-4-11(13)9-7-8-10-12(5-2)6-3/h11,13H,4-10H2,1-3H3. The summed E-state index contributed by atoms with van der Waals surface area (Å²) in [5.41, 5.74) is 0. The second-order valence-corrected chi connectivity index (χ2v) is 3.58. The van der Waals surface area contributed by atoms with E-state index >= 15 is 0 Å². The van der Waals surface area contributed by atoms with Crippen LogP contribution in [0.3, 0.4) is 0 Å². The molecular weight excluding hydrogens is 162 g/mol. The second kappa shape index (κ2) is 8.52. The molecule has 1 N–H and O–H groups in total. The summed E-state index contributed by atoms with van der Waals surface area (Å²) in [5, 5.41) is 9.32. The van der Waals surface area contributed by atoms with E-state index < -0.39 is 0 Å². The SMILES string of the molecule is CCC(O)CCCCN(CC)CC. The molecule has 1 unspecified atom stereocenters. The zero-order valence-corrected chi connectivity index (χ0v) is 9.42. The van der Waals surface area contributed by atoms with Gasteiger partial charge in [0.1, 0.15) is 0 Å². The minimum atomic E-state index is -0.0725. The molecule has 0 bridgehead atoms. The molecular formula is C11H25NO. The highest BCUT2D eigenvalue weighted by Gasteiger charge is 2.01. The highest BCUT2D eigenvalue weighted by molar-refractivity contribution is 4.56. The molecule has 13 heavy (non-hydrogen) atoms. The van der Waals surface area contributed by atoms with E-state index in [4.69, 9.17) is 0 Å². The minimum absolute atomic E-state index is 0.0725. The Morgan fingerprint density at radius 3 is 2.15 bits per heavy atom. The molecule has 0 aromatic heterocycles. The van der Waals surface area contributed by atoms with Crippen molar-refractivity contribution in [3.05, 3.63) is 0 Å². The molecule has 2 nitrogen and oxygen atoms in total. The van der Waals surface area contributed by atoms with Crippen LogP contribution in [0.5, 0.6) is 0 Å². The van der Waals surface area contributed by atoms with Crippen molar-refractivity contribution >= 4 is 0 Å². The molecule has 0 fully saturated rings. The van der Waals surface area contributed by atoms with Crippen LogP contribution in [0.2, 0.25) is 0 Å². The lowest BCUT2D eigenvalue weighted by atomic mass is 10.1. The van der Waals surface area contributed by atoms with Gasteiger partial charge in [-0.05, 0) is 45.3 Å². The van der Waals surface area contributed by atoms with Crippen molar-refractivity contribution in [2.75, 3.05) is 19.6 Å². The second-order valence-electron chi connectivity index (χ2n) is 3.58. The van der Waals surface area contributed by atoms with Gasteiger partial charge in [-0.25, -0.2) is 0 Å². The van der Waals surface area contributed by atoms with Crippen LogP contribution in [-0.2, 0) is 0 Å². The molecule has 0 saturated carbocycles. The molecule has 0 amide bonds. The van der Waals surface area contributed by atoms with Gasteiger partial charge in [-0.3, -0.25) is 0 Å². The first-order chi connectivity index (χ1) is 6.24. The lowest BCUT2D eigenvalue weighted by molar-refractivity contribution is 0.154. The predicted octanol–water partition coefficient (Wildman–Crippen LogP) is 2.27. The molecule has 0 radical (unpaired) electrons. The van der Waals surface area contributed by atoms with E-state index in [1.165, 1.54) is 13.0 Å². The summed E-state index contributed by atoms with van der Waals surface area (Å²) in [6.07, 6.45) is 4.17. The summed E-state index contributed by atoms with van der Waals surface area (Å²) in [5.74, 6) is 0. The summed E-state index contributed by atoms with van der Waals surface area (Å²) in [7, 11) is 0. The fraction of sp³-hybridized carbons (Fsp3) is 1.00. The van der Waals surface area contributed by atoms with Gasteiger partial charge in [-0.2, -0.15) is 0 Å². The summed E-state index contributed by atoms with van der Waals surface area (Å²) >= 11 is 0. The molecule has 0 heterocycles. The van der Waals surface area contributed by atoms with Crippen LogP contribution in [-0.4, -0.2) is 35.7 Å². The summed E-state index contributed by atoms with van der Waals surface area (Å²) < 4.78 is 0. The first-order valence-corrected chi connectivity index (χ1v) is 5.64. The Labute approximate surface area is 82.9 Å². The predicted molar refractivity (Wildman–Crippen MR) is 57.9 cm³/mol. The number of unbranched alkanes of at least 4 members (excludes halogenated alkanes) is 1. The highest BCUT2D eigenvalue weighted by atomic mass is 16.3. The van der Waals surface area contributed by atoms with E-state index in [0.29, 0.717) is 0 Å². The Hall–Kier alpha value is -0.0800. The highest BCUT2D eigenvalue weighted by Crippen LogP contribution is 2.04. The number of hydrogen-bond donors (Lipinski definition) is 1. The van der Waals surface area contributed by atoms with Crippen LogP contribution in [0.4, 0.5) is 0 Å². The first kappa shape index (κ1) is 12.9. The zero-order chi connectivity index (χ0) is 10.1. The van der Waals surface area contributed by atoms with Gasteiger partial charge < -0.3 is 10.0 Å². The third kappa shape index (κ3) is 7.03. The topological polar surface area (TPSA) is 23.5 Å². The van der Waals surface area contributed by atoms with Crippen molar-refractivity contribution < 1.29 is 5.11 Å². The van der Waals surface area contributed by atoms with E-state index in [2.05, 4.69) is 18.7 Å². The summed E-state index contributed by atoms with van der Waals surface area (Å²) in [6, 6.07) is 0. The molecule has 2 heteroatoms. The normalized spacial score (nSPS) is 13.6. The fourth-order valence-corrected chi connectivity index (χ4v) is 1.46. The molecule has 1 atom stereocenters. The van der Waals surface area contributed by atoms with Crippen LogP contribution in [0.25, 0.3) is 0 Å². The monoisotopic (exact) mass is 187 g/mol. The molecule has 0 saturated heterocycles. The number of aliphatic hydroxyl groups is 1. The van der Waals surface area contributed by atoms with Crippen LogP contribution in [0.1, 0.15) is 46.5 Å². The van der Waals surface area contributed by atoms with Crippen LogP contribution in [0, 0.1) is 0 Å². The fourth-order valence-electron chi connectivity index (χ4n) is 1.46. The maximum Gasteiger partial charge on any atom is 0.0537 e. The summed E-state index contributed by atoms with van der Waals surface area (Å²) in [6.45, 7) is 9.91. The van der Waals surface area contributed by atoms with E-state index in [1.807, 2.05) is 6.92 Å². The van der Waals surface area contributed by atoms with E-state index in [0.717, 1.165) is 32.4 Å². The van der Waals surface area contributed by atoms with Gasteiger partial charge in [0.15, 0.2) is 0 Å². The minimum Gasteiger partial charge on any atom is -0.393 e. The van der Waals surface area contributed by atoms with Gasteiger partial charge in [0.25, 0.3) is 0 Å². The average molecular weight is 187 g/mol. The van der Waals surface area contributed by atoms with Crippen LogP contribution in [0.15, 0.2) is 0 Å². The van der Waals surface area contributed by atoms with E-state index in [9.17, 15) is 5.11 Å². The smallest absolute Gasteiger partial charge is 0.0537 e. The van der Waals surface area contributed by atoms with Gasteiger partial charge in [0.05, 0.1) is 6.10 Å². The van der Waals surface area contributed by atoms with Gasteiger partial charge in [-0.15, -0.1) is 0 Å². The van der Waals surface area contributed by atoms with E-state index in [-0.39, 0.29) is 6.10 Å². The Bertz CT molecular complexity index is 102. The molecule has 80 valence electrons. The van der Waals surface area contributed by atoms with Crippen LogP contribution < -0.4 is 0 Å². The number of rotatable bonds is 8. The van der Waals surface area contributed by atoms with E-state index in [1.54, 1.807) is 0 Å². The molecule has 0 aliphatic carbocycles. The molecule has 0 spiro atoms. The molecule has 0 rings (SSSR count). The zero-order valence-electron chi connectivity index (χ0n) is 9.42. The number of nitrogens with zero attached hydrogens (tertiary/aromatic N) is 1. The summed E-state index contributed by atoms with van der Waals surface area (Å²) in [4.78, 5) is 2.43. The van der Waals surface area contributed by atoms with Gasteiger partial charge >= 0.3 is 0 Å². The van der Waals surface area contributed by atoms with Crippen molar-refractivity contribution in [1.29, 1.82) is 0 Å². The third-order valence-corrected chi connectivity index (χ3v) is 2.63.